The molecule has 0 N–H and O–H groups in total. The minimum atomic E-state index is 1.53. The van der Waals surface area contributed by atoms with Gasteiger partial charge in [0.05, 0.1) is 0 Å². The quantitative estimate of drug-likeness (QED) is 0.413. The normalized spacial score (nSPS) is 8.00. The van der Waals surface area contributed by atoms with Gasteiger partial charge in [-0.15, -0.1) is 0 Å². The Morgan fingerprint density at radius 3 is 3.00 bits per heavy atom. The average molecular weight is 68.1 g/mol. The van der Waals surface area contributed by atoms with Crippen LogP contribution in [0.15, 0.2) is 16.8 Å². The summed E-state index contributed by atoms with van der Waals surface area (Å²) in [6.45, 7) is 0. The Labute approximate surface area is 29.4 Å². The topological polar surface area (TPSA) is 26.0 Å². The van der Waals surface area contributed by atoms with E-state index >= 15 is 0 Å². The molecule has 0 unspecified atom stereocenters. The second kappa shape index (κ2) is 0.885. The second-order valence-electron chi connectivity index (χ2n) is 0.630. The fraction of sp³-hybridized carbons (Fsp3) is 0. The van der Waals surface area contributed by atoms with Crippen LogP contribution in [0.25, 0.3) is 0 Å². The zero-order valence-corrected chi connectivity index (χ0v) is 2.51. The number of aromatic nitrogens is 1. The third-order valence-electron chi connectivity index (χ3n) is 0.309. The van der Waals surface area contributed by atoms with E-state index in [9.17, 15) is 0 Å². The Morgan fingerprint density at radius 1 is 1.80 bits per heavy atom. The third-order valence-corrected chi connectivity index (χ3v) is 0.309. The zero-order chi connectivity index (χ0) is 3.54. The molecule has 0 amide bonds. The Morgan fingerprint density at radius 2 is 2.80 bits per heavy atom. The molecule has 0 bridgehead atoms. The highest BCUT2D eigenvalue weighted by atomic mass is 16.5. The van der Waals surface area contributed by atoms with Crippen LogP contribution < -0.4 is 0 Å². The molecule has 0 aliphatic carbocycles. The number of nitrogens with zero attached hydrogens (tertiary/aromatic N) is 1. The van der Waals surface area contributed by atoms with Gasteiger partial charge in [-0.3, -0.25) is 0 Å². The van der Waals surface area contributed by atoms with E-state index in [1.165, 1.54) is 6.20 Å². The van der Waals surface area contributed by atoms with Crippen LogP contribution in [0.4, 0.5) is 0 Å². The molecular formula is C3H2NO-. The lowest BCUT2D eigenvalue weighted by molar-refractivity contribution is 0.413. The van der Waals surface area contributed by atoms with Gasteiger partial charge < -0.3 is 4.52 Å². The Kier molecular flexibility index (Phi) is 0.433. The Bertz CT molecular complexity index is 63.4. The van der Waals surface area contributed by atoms with Gasteiger partial charge in [-0.1, -0.05) is 6.20 Å². The summed E-state index contributed by atoms with van der Waals surface area (Å²) in [4.78, 5) is 0. The van der Waals surface area contributed by atoms with E-state index in [-0.39, 0.29) is 0 Å². The van der Waals surface area contributed by atoms with Crippen LogP contribution >= 0.6 is 0 Å². The van der Waals surface area contributed by atoms with Crippen LogP contribution in [0.2, 0.25) is 0 Å². The van der Waals surface area contributed by atoms with E-state index in [2.05, 4.69) is 15.9 Å². The smallest absolute Gasteiger partial charge is 0.0347 e. The summed E-state index contributed by atoms with van der Waals surface area (Å²) in [6, 6.07) is 1.60. The Hall–Kier alpha value is -0.790. The molecule has 0 aliphatic rings. The first-order chi connectivity index (χ1) is 2.50. The van der Waals surface area contributed by atoms with Gasteiger partial charge in [-0.05, 0) is 6.26 Å². The van der Waals surface area contributed by atoms with E-state index in [1.807, 2.05) is 0 Å². The molecule has 2 nitrogen and oxygen atoms in total. The highest BCUT2D eigenvalue weighted by Gasteiger charge is 1.45. The molecule has 0 saturated carbocycles. The fourth-order valence-electron chi connectivity index (χ4n) is 0.152. The van der Waals surface area contributed by atoms with Crippen molar-refractivity contribution in [2.24, 2.45) is 0 Å². The van der Waals surface area contributed by atoms with Crippen LogP contribution in [0, 0.1) is 6.26 Å². The predicted octanol–water partition coefficient (Wildman–Crippen LogP) is 0.475. The monoisotopic (exact) mass is 68.0 g/mol. The minimum Gasteiger partial charge on any atom is -0.480 e. The van der Waals surface area contributed by atoms with Crippen molar-refractivity contribution in [3.05, 3.63) is 18.5 Å². The number of hydrogen-bond acceptors (Lipinski definition) is 2. The van der Waals surface area contributed by atoms with Gasteiger partial charge in [0.15, 0.2) is 0 Å². The molecule has 1 aromatic heterocycles. The first-order valence-corrected chi connectivity index (χ1v) is 1.27. The summed E-state index contributed by atoms with van der Waals surface area (Å²) in [5, 5.41) is 3.29. The van der Waals surface area contributed by atoms with Gasteiger partial charge in [0.1, 0.15) is 0 Å². The van der Waals surface area contributed by atoms with E-state index in [0.717, 1.165) is 0 Å². The van der Waals surface area contributed by atoms with Crippen molar-refractivity contribution in [2.45, 2.75) is 0 Å². The first-order valence-electron chi connectivity index (χ1n) is 1.27. The maximum atomic E-state index is 4.21. The van der Waals surface area contributed by atoms with Crippen LogP contribution in [-0.2, 0) is 0 Å². The zero-order valence-electron chi connectivity index (χ0n) is 2.51. The molecule has 0 spiro atoms. The molecule has 1 rings (SSSR count). The number of hydrogen-bond donors (Lipinski definition) is 0. The molecule has 2 heteroatoms. The lowest BCUT2D eigenvalue weighted by Crippen LogP contribution is -1.39. The van der Waals surface area contributed by atoms with Gasteiger partial charge in [-0.25, -0.2) is 5.16 Å². The summed E-state index contributed by atoms with van der Waals surface area (Å²) < 4.78 is 4.21. The SMILES string of the molecule is [c-]1ccno1. The molecule has 0 radical (unpaired) electrons. The highest BCUT2D eigenvalue weighted by molar-refractivity contribution is 4.65. The molecule has 1 heterocycles. The molecule has 0 aromatic carbocycles. The van der Waals surface area contributed by atoms with Gasteiger partial charge in [-0.2, -0.15) is 6.07 Å². The van der Waals surface area contributed by atoms with Gasteiger partial charge in [0.2, 0.25) is 0 Å². The maximum Gasteiger partial charge on any atom is -0.0347 e. The van der Waals surface area contributed by atoms with Crippen LogP contribution in [0.5, 0.6) is 0 Å². The summed E-state index contributed by atoms with van der Waals surface area (Å²) in [5.74, 6) is 0. The summed E-state index contributed by atoms with van der Waals surface area (Å²) in [6.07, 6.45) is 3.90. The molecule has 5 heavy (non-hydrogen) atoms. The van der Waals surface area contributed by atoms with Gasteiger partial charge in [0, 0.05) is 0 Å². The molecule has 26 valence electrons. The molecule has 0 fully saturated rings. The van der Waals surface area contributed by atoms with Crippen LogP contribution in [-0.4, -0.2) is 5.16 Å². The van der Waals surface area contributed by atoms with Crippen molar-refractivity contribution in [3.63, 3.8) is 0 Å². The molecule has 0 aliphatic heterocycles. The fourth-order valence-corrected chi connectivity index (χ4v) is 0.152. The van der Waals surface area contributed by atoms with Crippen molar-refractivity contribution in [1.29, 1.82) is 0 Å². The second-order valence-corrected chi connectivity index (χ2v) is 0.630. The average Bonchev–Trinajstić information content (AvgIpc) is 1.76. The van der Waals surface area contributed by atoms with Gasteiger partial charge >= 0.3 is 0 Å². The van der Waals surface area contributed by atoms with E-state index in [4.69, 9.17) is 0 Å². The highest BCUT2D eigenvalue weighted by Crippen LogP contribution is 1.70. The largest absolute Gasteiger partial charge is 0.480 e. The molecule has 0 atom stereocenters. The lowest BCUT2D eigenvalue weighted by atomic mass is 10.8. The van der Waals surface area contributed by atoms with E-state index in [0.29, 0.717) is 0 Å². The predicted molar refractivity (Wildman–Crippen MR) is 15.3 cm³/mol. The maximum absolute atomic E-state index is 4.21. The van der Waals surface area contributed by atoms with E-state index in [1.54, 1.807) is 6.07 Å². The van der Waals surface area contributed by atoms with Gasteiger partial charge in [0.25, 0.3) is 0 Å². The number of rotatable bonds is 0. The van der Waals surface area contributed by atoms with Crippen molar-refractivity contribution >= 4 is 0 Å². The van der Waals surface area contributed by atoms with Crippen molar-refractivity contribution < 1.29 is 4.52 Å². The standard InChI is InChI=1S/C3H2NO/c1-2-4-5-3-1/h1-2H/q-1. The summed E-state index contributed by atoms with van der Waals surface area (Å²) >= 11 is 0. The van der Waals surface area contributed by atoms with E-state index < -0.39 is 0 Å². The van der Waals surface area contributed by atoms with Crippen molar-refractivity contribution in [2.75, 3.05) is 0 Å². The van der Waals surface area contributed by atoms with Crippen LogP contribution in [0.3, 0.4) is 0 Å². The lowest BCUT2D eigenvalue weighted by Gasteiger charge is -1.61. The van der Waals surface area contributed by atoms with Crippen molar-refractivity contribution in [1.82, 2.24) is 5.16 Å². The molecule has 1 aromatic rings. The minimum absolute atomic E-state index is 1.53. The Balaban J connectivity index is 3.13. The van der Waals surface area contributed by atoms with Crippen LogP contribution in [0.1, 0.15) is 0 Å². The van der Waals surface area contributed by atoms with Crippen molar-refractivity contribution in [3.8, 4) is 0 Å². The molecule has 0 saturated heterocycles. The summed E-state index contributed by atoms with van der Waals surface area (Å²) in [5.41, 5.74) is 0. The molecular weight excluding hydrogens is 66.0 g/mol. The first kappa shape index (κ1) is 2.45. The summed E-state index contributed by atoms with van der Waals surface area (Å²) in [7, 11) is 0. The third kappa shape index (κ3) is 0.265.